The molecule has 2 N–H and O–H groups in total. The molecule has 2 heteroatoms. The summed E-state index contributed by atoms with van der Waals surface area (Å²) in [6, 6.07) is 0. The fourth-order valence-corrected chi connectivity index (χ4v) is 1.14. The Hall–Kier alpha value is -0.0800. The van der Waals surface area contributed by atoms with Crippen molar-refractivity contribution in [3.05, 3.63) is 0 Å². The van der Waals surface area contributed by atoms with Crippen molar-refractivity contribution in [1.29, 1.82) is 0 Å². The standard InChI is InChI=1S/C10H21NO/c1-8(2)10(3,7-12)11-6-9-4-5-9/h8-9,11-12H,4-7H2,1-3H3. The second kappa shape index (κ2) is 3.75. The van der Waals surface area contributed by atoms with Crippen LogP contribution in [0.1, 0.15) is 33.6 Å². The molecule has 0 amide bonds. The van der Waals surface area contributed by atoms with Gasteiger partial charge in [-0.2, -0.15) is 0 Å². The van der Waals surface area contributed by atoms with Gasteiger partial charge in [0, 0.05) is 5.54 Å². The molecule has 0 aliphatic heterocycles. The molecule has 1 rings (SSSR count). The molecule has 0 heterocycles. The summed E-state index contributed by atoms with van der Waals surface area (Å²) in [4.78, 5) is 0. The molecule has 0 bridgehead atoms. The lowest BCUT2D eigenvalue weighted by molar-refractivity contribution is 0.132. The zero-order valence-corrected chi connectivity index (χ0v) is 8.43. The van der Waals surface area contributed by atoms with Gasteiger partial charge >= 0.3 is 0 Å². The van der Waals surface area contributed by atoms with Crippen LogP contribution in [0.25, 0.3) is 0 Å². The Bertz CT molecular complexity index is 143. The average Bonchev–Trinajstić information content (AvgIpc) is 2.83. The summed E-state index contributed by atoms with van der Waals surface area (Å²) in [6.07, 6.45) is 2.74. The van der Waals surface area contributed by atoms with E-state index in [9.17, 15) is 5.11 Å². The lowest BCUT2D eigenvalue weighted by atomic mass is 9.89. The Morgan fingerprint density at radius 1 is 1.50 bits per heavy atom. The molecular formula is C10H21NO. The van der Waals surface area contributed by atoms with Crippen molar-refractivity contribution < 1.29 is 5.11 Å². The second-order valence-corrected chi connectivity index (χ2v) is 4.55. The van der Waals surface area contributed by atoms with E-state index in [1.165, 1.54) is 12.8 Å². The van der Waals surface area contributed by atoms with E-state index >= 15 is 0 Å². The quantitative estimate of drug-likeness (QED) is 0.655. The van der Waals surface area contributed by atoms with Crippen molar-refractivity contribution in [2.24, 2.45) is 11.8 Å². The van der Waals surface area contributed by atoms with Gasteiger partial charge in [0.15, 0.2) is 0 Å². The van der Waals surface area contributed by atoms with E-state index in [0.717, 1.165) is 12.5 Å². The minimum atomic E-state index is -0.0808. The molecule has 72 valence electrons. The Morgan fingerprint density at radius 2 is 2.08 bits per heavy atom. The topological polar surface area (TPSA) is 32.3 Å². The zero-order chi connectivity index (χ0) is 9.19. The van der Waals surface area contributed by atoms with Gasteiger partial charge in [-0.15, -0.1) is 0 Å². The molecule has 0 aromatic carbocycles. The van der Waals surface area contributed by atoms with Gasteiger partial charge in [0.2, 0.25) is 0 Å². The first-order chi connectivity index (χ1) is 5.58. The van der Waals surface area contributed by atoms with Gasteiger partial charge in [-0.1, -0.05) is 13.8 Å². The van der Waals surface area contributed by atoms with Gasteiger partial charge < -0.3 is 10.4 Å². The third-order valence-corrected chi connectivity index (χ3v) is 3.09. The Kier molecular flexibility index (Phi) is 3.13. The van der Waals surface area contributed by atoms with Crippen molar-refractivity contribution in [3.8, 4) is 0 Å². The predicted molar refractivity (Wildman–Crippen MR) is 51.1 cm³/mol. The number of hydrogen-bond donors (Lipinski definition) is 2. The zero-order valence-electron chi connectivity index (χ0n) is 8.43. The van der Waals surface area contributed by atoms with Crippen LogP contribution in [-0.2, 0) is 0 Å². The van der Waals surface area contributed by atoms with Gasteiger partial charge in [-0.3, -0.25) is 0 Å². The van der Waals surface area contributed by atoms with E-state index in [4.69, 9.17) is 0 Å². The summed E-state index contributed by atoms with van der Waals surface area (Å²) in [7, 11) is 0. The molecule has 0 saturated heterocycles. The van der Waals surface area contributed by atoms with Crippen LogP contribution in [0.5, 0.6) is 0 Å². The summed E-state index contributed by atoms with van der Waals surface area (Å²) >= 11 is 0. The fraction of sp³-hybridized carbons (Fsp3) is 1.00. The molecule has 12 heavy (non-hydrogen) atoms. The predicted octanol–water partition coefficient (Wildman–Crippen LogP) is 1.39. The summed E-state index contributed by atoms with van der Waals surface area (Å²) in [5.74, 6) is 1.37. The average molecular weight is 171 g/mol. The highest BCUT2D eigenvalue weighted by Crippen LogP contribution is 2.29. The number of aliphatic hydroxyl groups is 1. The van der Waals surface area contributed by atoms with E-state index in [-0.39, 0.29) is 12.1 Å². The molecule has 1 unspecified atom stereocenters. The monoisotopic (exact) mass is 171 g/mol. The van der Waals surface area contributed by atoms with Crippen molar-refractivity contribution in [1.82, 2.24) is 5.32 Å². The third kappa shape index (κ3) is 2.46. The van der Waals surface area contributed by atoms with Gasteiger partial charge in [0.25, 0.3) is 0 Å². The van der Waals surface area contributed by atoms with Crippen molar-refractivity contribution >= 4 is 0 Å². The first kappa shape index (κ1) is 10.0. The van der Waals surface area contributed by atoms with Crippen molar-refractivity contribution in [2.75, 3.05) is 13.2 Å². The molecule has 0 aromatic heterocycles. The molecule has 1 aliphatic rings. The van der Waals surface area contributed by atoms with Crippen LogP contribution >= 0.6 is 0 Å². The Balaban J connectivity index is 2.30. The Labute approximate surface area is 75.4 Å². The summed E-state index contributed by atoms with van der Waals surface area (Å²) in [5, 5.41) is 12.7. The van der Waals surface area contributed by atoms with E-state index in [1.54, 1.807) is 0 Å². The van der Waals surface area contributed by atoms with Crippen LogP contribution in [0.3, 0.4) is 0 Å². The van der Waals surface area contributed by atoms with Crippen molar-refractivity contribution in [3.63, 3.8) is 0 Å². The molecule has 1 saturated carbocycles. The third-order valence-electron chi connectivity index (χ3n) is 3.09. The highest BCUT2D eigenvalue weighted by Gasteiger charge is 2.30. The minimum absolute atomic E-state index is 0.0808. The molecule has 0 radical (unpaired) electrons. The highest BCUT2D eigenvalue weighted by atomic mass is 16.3. The highest BCUT2D eigenvalue weighted by molar-refractivity contribution is 4.88. The molecule has 1 fully saturated rings. The van der Waals surface area contributed by atoms with Crippen LogP contribution in [0.2, 0.25) is 0 Å². The Morgan fingerprint density at radius 3 is 2.42 bits per heavy atom. The first-order valence-corrected chi connectivity index (χ1v) is 4.94. The van der Waals surface area contributed by atoms with E-state index < -0.39 is 0 Å². The van der Waals surface area contributed by atoms with Gasteiger partial charge in [0.1, 0.15) is 0 Å². The minimum Gasteiger partial charge on any atom is -0.394 e. The van der Waals surface area contributed by atoms with E-state index in [0.29, 0.717) is 5.92 Å². The molecule has 1 aliphatic carbocycles. The van der Waals surface area contributed by atoms with Gasteiger partial charge in [-0.05, 0) is 38.1 Å². The molecular weight excluding hydrogens is 150 g/mol. The lowest BCUT2D eigenvalue weighted by Gasteiger charge is -2.33. The SMILES string of the molecule is CC(C)C(C)(CO)NCC1CC1. The maximum Gasteiger partial charge on any atom is 0.0613 e. The van der Waals surface area contributed by atoms with Crippen LogP contribution in [0, 0.1) is 11.8 Å². The van der Waals surface area contributed by atoms with Crippen LogP contribution in [0.4, 0.5) is 0 Å². The largest absolute Gasteiger partial charge is 0.394 e. The molecule has 0 spiro atoms. The number of nitrogens with one attached hydrogen (secondary N) is 1. The van der Waals surface area contributed by atoms with Crippen molar-refractivity contribution in [2.45, 2.75) is 39.2 Å². The second-order valence-electron chi connectivity index (χ2n) is 4.55. The maximum atomic E-state index is 9.23. The molecule has 1 atom stereocenters. The molecule has 2 nitrogen and oxygen atoms in total. The summed E-state index contributed by atoms with van der Waals surface area (Å²) in [5.41, 5.74) is -0.0808. The van der Waals surface area contributed by atoms with Gasteiger partial charge in [0.05, 0.1) is 6.61 Å². The first-order valence-electron chi connectivity index (χ1n) is 4.94. The normalized spacial score (nSPS) is 22.8. The number of hydrogen-bond acceptors (Lipinski definition) is 2. The van der Waals surface area contributed by atoms with E-state index in [2.05, 4.69) is 26.1 Å². The van der Waals surface area contributed by atoms with Crippen LogP contribution in [0.15, 0.2) is 0 Å². The van der Waals surface area contributed by atoms with E-state index in [1.807, 2.05) is 0 Å². The smallest absolute Gasteiger partial charge is 0.0613 e. The summed E-state index contributed by atoms with van der Waals surface area (Å²) < 4.78 is 0. The molecule has 0 aromatic rings. The van der Waals surface area contributed by atoms with Crippen LogP contribution < -0.4 is 5.32 Å². The van der Waals surface area contributed by atoms with Crippen LogP contribution in [-0.4, -0.2) is 23.8 Å². The number of rotatable bonds is 5. The maximum absolute atomic E-state index is 9.23. The lowest BCUT2D eigenvalue weighted by Crippen LogP contribution is -2.50. The number of aliphatic hydroxyl groups excluding tert-OH is 1. The summed E-state index contributed by atoms with van der Waals surface area (Å²) in [6.45, 7) is 7.71. The van der Waals surface area contributed by atoms with Gasteiger partial charge in [-0.25, -0.2) is 0 Å². The fourth-order valence-electron chi connectivity index (χ4n) is 1.14.